The molecule has 13 rings (SSSR count). The summed E-state index contributed by atoms with van der Waals surface area (Å²) in [5.41, 5.74) is 23.3. The first kappa shape index (κ1) is 44.8. The fourth-order valence-electron chi connectivity index (χ4n) is 10.0. The highest BCUT2D eigenvalue weighted by atomic mass is 15.1. The van der Waals surface area contributed by atoms with Crippen LogP contribution in [0.15, 0.2) is 285 Å². The first-order valence-electron chi connectivity index (χ1n) is 25.3. The molecule has 0 aliphatic heterocycles. The Labute approximate surface area is 436 Å². The molecule has 0 amide bonds. The Bertz CT molecular complexity index is 3870. The monoisotopic (exact) mass is 957 g/mol. The van der Waals surface area contributed by atoms with E-state index < -0.39 is 0 Å². The van der Waals surface area contributed by atoms with Gasteiger partial charge in [0.05, 0.1) is 44.8 Å². The SMILES string of the molecule is c1ccc(-c2cccc(-c3nc4ccccc4nc3-c3ccc(-c4ccc(N(c5ccccc5)c5ccc(-c6ccc(-c7nc8ccccc8nc7-c7cccc(-c8ccccc8)c7)cc6)cc5)cc4)cc3)c2)cc1. The van der Waals surface area contributed by atoms with Crippen molar-refractivity contribution in [3.63, 3.8) is 0 Å². The molecular weight excluding hydrogens is 911 g/mol. The molecule has 0 atom stereocenters. The van der Waals surface area contributed by atoms with Gasteiger partial charge in [-0.2, -0.15) is 0 Å². The fourth-order valence-corrected chi connectivity index (χ4v) is 10.0. The van der Waals surface area contributed by atoms with Gasteiger partial charge in [0.1, 0.15) is 0 Å². The maximum Gasteiger partial charge on any atom is 0.0973 e. The fraction of sp³-hybridized carbons (Fsp3) is 0. The normalized spacial score (nSPS) is 11.2. The summed E-state index contributed by atoms with van der Waals surface area (Å²) in [6.07, 6.45) is 0. The van der Waals surface area contributed by atoms with Gasteiger partial charge >= 0.3 is 0 Å². The van der Waals surface area contributed by atoms with Crippen LogP contribution in [0.5, 0.6) is 0 Å². The van der Waals surface area contributed by atoms with Crippen molar-refractivity contribution >= 4 is 39.1 Å². The molecule has 75 heavy (non-hydrogen) atoms. The van der Waals surface area contributed by atoms with Gasteiger partial charge in [-0.1, -0.05) is 212 Å². The molecule has 0 spiro atoms. The first-order chi connectivity index (χ1) is 37.1. The molecular formula is C70H47N5. The summed E-state index contributed by atoms with van der Waals surface area (Å²) in [5.74, 6) is 0. The predicted octanol–water partition coefficient (Wildman–Crippen LogP) is 18.4. The van der Waals surface area contributed by atoms with Gasteiger partial charge in [-0.25, -0.2) is 19.9 Å². The predicted molar refractivity (Wildman–Crippen MR) is 311 cm³/mol. The van der Waals surface area contributed by atoms with Crippen molar-refractivity contribution in [1.82, 2.24) is 19.9 Å². The lowest BCUT2D eigenvalue weighted by Crippen LogP contribution is -2.09. The molecule has 352 valence electrons. The molecule has 5 heteroatoms. The van der Waals surface area contributed by atoms with Gasteiger partial charge in [0.15, 0.2) is 0 Å². The Morgan fingerprint density at radius 1 is 0.173 bits per heavy atom. The number of aromatic nitrogens is 4. The summed E-state index contributed by atoms with van der Waals surface area (Å²) in [5, 5.41) is 0. The van der Waals surface area contributed by atoms with Crippen LogP contribution in [-0.2, 0) is 0 Å². The highest BCUT2D eigenvalue weighted by Gasteiger charge is 2.18. The molecule has 2 aromatic heterocycles. The molecule has 2 heterocycles. The van der Waals surface area contributed by atoms with E-state index in [2.05, 4.69) is 229 Å². The molecule has 0 unspecified atom stereocenters. The number of benzene rings is 11. The lowest BCUT2D eigenvalue weighted by atomic mass is 9.97. The van der Waals surface area contributed by atoms with E-state index in [1.807, 2.05) is 60.7 Å². The highest BCUT2D eigenvalue weighted by molar-refractivity contribution is 5.90. The van der Waals surface area contributed by atoms with Crippen molar-refractivity contribution in [2.45, 2.75) is 0 Å². The molecule has 13 aromatic rings. The van der Waals surface area contributed by atoms with Crippen molar-refractivity contribution in [3.05, 3.63) is 285 Å². The Hall–Kier alpha value is -10.1. The highest BCUT2D eigenvalue weighted by Crippen LogP contribution is 2.40. The Morgan fingerprint density at radius 3 is 0.773 bits per heavy atom. The Morgan fingerprint density at radius 2 is 0.413 bits per heavy atom. The Balaban J connectivity index is 0.776. The molecule has 11 aromatic carbocycles. The number of anilines is 3. The van der Waals surface area contributed by atoms with Crippen molar-refractivity contribution in [2.24, 2.45) is 0 Å². The number of rotatable bonds is 11. The average Bonchev–Trinajstić information content (AvgIpc) is 3.50. The van der Waals surface area contributed by atoms with Crippen LogP contribution < -0.4 is 4.90 Å². The average molecular weight is 958 g/mol. The second-order valence-electron chi connectivity index (χ2n) is 18.6. The largest absolute Gasteiger partial charge is 0.311 e. The van der Waals surface area contributed by atoms with E-state index in [9.17, 15) is 0 Å². The van der Waals surface area contributed by atoms with Crippen molar-refractivity contribution in [3.8, 4) is 89.5 Å². The molecule has 0 saturated carbocycles. The summed E-state index contributed by atoms with van der Waals surface area (Å²) < 4.78 is 0. The molecule has 0 N–H and O–H groups in total. The minimum Gasteiger partial charge on any atom is -0.311 e. The van der Waals surface area contributed by atoms with Gasteiger partial charge in [-0.15, -0.1) is 0 Å². The minimum atomic E-state index is 0.855. The summed E-state index contributed by atoms with van der Waals surface area (Å²) in [6.45, 7) is 0. The lowest BCUT2D eigenvalue weighted by molar-refractivity contribution is 1.28. The van der Waals surface area contributed by atoms with Gasteiger partial charge in [0.25, 0.3) is 0 Å². The van der Waals surface area contributed by atoms with Crippen LogP contribution in [0, 0.1) is 0 Å². The molecule has 0 bridgehead atoms. The van der Waals surface area contributed by atoms with E-state index in [-0.39, 0.29) is 0 Å². The first-order valence-corrected chi connectivity index (χ1v) is 25.3. The second-order valence-corrected chi connectivity index (χ2v) is 18.6. The van der Waals surface area contributed by atoms with E-state index in [4.69, 9.17) is 19.9 Å². The van der Waals surface area contributed by atoms with Crippen LogP contribution in [0.25, 0.3) is 112 Å². The molecule has 0 radical (unpaired) electrons. The standard InChI is InChI=1S/C70H47N5/c1-4-16-48(17-5-1)56-20-14-22-58(46-56)69-67(71-63-26-10-12-28-65(63)73-69)54-34-30-50(31-35-54)52-38-42-61(43-39-52)75(60-24-8-3-9-25-60)62-44-40-53(41-45-62)51-32-36-55(37-33-51)68-70(74-66-29-13-11-27-64(66)72-68)59-23-15-21-57(47-59)49-18-6-2-7-19-49/h1-47H. The van der Waals surface area contributed by atoms with Crippen molar-refractivity contribution in [2.75, 3.05) is 4.90 Å². The third kappa shape index (κ3) is 9.11. The summed E-state index contributed by atoms with van der Waals surface area (Å²) in [7, 11) is 0. The third-order valence-electron chi connectivity index (χ3n) is 13.9. The zero-order valence-electron chi connectivity index (χ0n) is 40.9. The number of para-hydroxylation sites is 5. The van der Waals surface area contributed by atoms with Gasteiger partial charge in [-0.3, -0.25) is 0 Å². The van der Waals surface area contributed by atoms with Crippen molar-refractivity contribution in [1.29, 1.82) is 0 Å². The van der Waals surface area contributed by atoms with Gasteiger partial charge < -0.3 is 4.90 Å². The van der Waals surface area contributed by atoms with E-state index >= 15 is 0 Å². The lowest BCUT2D eigenvalue weighted by Gasteiger charge is -2.26. The van der Waals surface area contributed by atoms with Crippen molar-refractivity contribution < 1.29 is 0 Å². The number of hydrogen-bond acceptors (Lipinski definition) is 5. The third-order valence-corrected chi connectivity index (χ3v) is 13.9. The summed E-state index contributed by atoms with van der Waals surface area (Å²) in [4.78, 5) is 23.1. The molecule has 0 aliphatic rings. The van der Waals surface area contributed by atoms with Gasteiger partial charge in [0.2, 0.25) is 0 Å². The number of nitrogens with zero attached hydrogens (tertiary/aromatic N) is 5. The minimum absolute atomic E-state index is 0.855. The Kier molecular flexibility index (Phi) is 11.9. The van der Waals surface area contributed by atoms with Crippen LogP contribution in [0.3, 0.4) is 0 Å². The van der Waals surface area contributed by atoms with Crippen LogP contribution in [0.4, 0.5) is 17.1 Å². The van der Waals surface area contributed by atoms with Crippen LogP contribution >= 0.6 is 0 Å². The smallest absolute Gasteiger partial charge is 0.0973 e. The number of hydrogen-bond donors (Lipinski definition) is 0. The maximum absolute atomic E-state index is 5.21. The molecule has 0 fully saturated rings. The van der Waals surface area contributed by atoms with E-state index in [0.717, 1.165) is 118 Å². The zero-order valence-corrected chi connectivity index (χ0v) is 40.9. The molecule has 0 aliphatic carbocycles. The van der Waals surface area contributed by atoms with Crippen LogP contribution in [0.2, 0.25) is 0 Å². The molecule has 5 nitrogen and oxygen atoms in total. The zero-order chi connectivity index (χ0) is 49.9. The van der Waals surface area contributed by atoms with E-state index in [1.54, 1.807) is 0 Å². The topological polar surface area (TPSA) is 54.8 Å². The quantitative estimate of drug-likeness (QED) is 0.129. The summed E-state index contributed by atoms with van der Waals surface area (Å²) >= 11 is 0. The van der Waals surface area contributed by atoms with Gasteiger partial charge in [-0.05, 0) is 117 Å². The van der Waals surface area contributed by atoms with Crippen LogP contribution in [-0.4, -0.2) is 19.9 Å². The van der Waals surface area contributed by atoms with Gasteiger partial charge in [0, 0.05) is 39.3 Å². The van der Waals surface area contributed by atoms with E-state index in [1.165, 1.54) is 11.1 Å². The van der Waals surface area contributed by atoms with E-state index in [0.29, 0.717) is 0 Å². The number of fused-ring (bicyclic) bond motifs is 2. The molecule has 0 saturated heterocycles. The summed E-state index contributed by atoms with van der Waals surface area (Å²) in [6, 6.07) is 99.9. The van der Waals surface area contributed by atoms with Crippen LogP contribution in [0.1, 0.15) is 0 Å². The second kappa shape index (κ2) is 19.8. The maximum atomic E-state index is 5.21.